The highest BCUT2D eigenvalue weighted by atomic mass is 35.5. The molecule has 1 aromatic carbocycles. The fourth-order valence-electron chi connectivity index (χ4n) is 0.736. The van der Waals surface area contributed by atoms with Gasteiger partial charge in [0.1, 0.15) is 0 Å². The van der Waals surface area contributed by atoms with E-state index in [-0.39, 0.29) is 5.91 Å². The average molecular weight is 182 g/mol. The molecule has 58 valence electrons. The first-order valence-electron chi connectivity index (χ1n) is 3.21. The summed E-state index contributed by atoms with van der Waals surface area (Å²) >= 11 is 5.64. The summed E-state index contributed by atoms with van der Waals surface area (Å²) in [6.07, 6.45) is 0. The van der Waals surface area contributed by atoms with Gasteiger partial charge in [-0.3, -0.25) is 4.79 Å². The molecule has 1 rings (SSSR count). The first-order valence-corrected chi connectivity index (χ1v) is 3.59. The SMILES string of the molecule is CC(=O)N[14c]1[14cH][14cH][14c](Cl)[14cH][14cH]1. The first-order chi connectivity index (χ1) is 5.18. The Morgan fingerprint density at radius 1 is 1.36 bits per heavy atom. The van der Waals surface area contributed by atoms with Gasteiger partial charge in [-0.1, -0.05) is 11.6 Å². The number of anilines is 1. The molecule has 0 saturated carbocycles. The summed E-state index contributed by atoms with van der Waals surface area (Å²) in [5.41, 5.74) is 0.766. The second kappa shape index (κ2) is 3.39. The van der Waals surface area contributed by atoms with Crippen molar-refractivity contribution in [3.05, 3.63) is 29.3 Å². The van der Waals surface area contributed by atoms with Gasteiger partial charge in [-0.15, -0.1) is 0 Å². The van der Waals surface area contributed by atoms with E-state index in [0.29, 0.717) is 5.02 Å². The summed E-state index contributed by atoms with van der Waals surface area (Å²) in [5, 5.41) is 3.30. The molecule has 0 aliphatic rings. The van der Waals surface area contributed by atoms with E-state index in [4.69, 9.17) is 11.6 Å². The van der Waals surface area contributed by atoms with Crippen molar-refractivity contribution in [2.24, 2.45) is 0 Å². The van der Waals surface area contributed by atoms with Gasteiger partial charge in [0.2, 0.25) is 5.91 Å². The van der Waals surface area contributed by atoms with Gasteiger partial charge >= 0.3 is 0 Å². The maximum Gasteiger partial charge on any atom is 0.221 e. The molecule has 1 N–H and O–H groups in total. The van der Waals surface area contributed by atoms with Crippen molar-refractivity contribution in [2.75, 3.05) is 5.32 Å². The number of hydrogen-bond acceptors (Lipinski definition) is 1. The zero-order chi connectivity index (χ0) is 8.27. The van der Waals surface area contributed by atoms with Crippen molar-refractivity contribution in [1.29, 1.82) is 0 Å². The van der Waals surface area contributed by atoms with Crippen molar-refractivity contribution in [3.63, 3.8) is 0 Å². The van der Waals surface area contributed by atoms with Crippen LogP contribution < -0.4 is 5.32 Å². The normalized spacial score (nSPS) is 9.27. The molecule has 11 heavy (non-hydrogen) atoms. The summed E-state index contributed by atoms with van der Waals surface area (Å²) in [6.45, 7) is 1.47. The summed E-state index contributed by atoms with van der Waals surface area (Å²) in [5.74, 6) is -0.0766. The highest BCUT2D eigenvalue weighted by molar-refractivity contribution is 6.30. The van der Waals surface area contributed by atoms with Crippen molar-refractivity contribution >= 4 is 23.2 Å². The highest BCUT2D eigenvalue weighted by Gasteiger charge is 1.93. The topological polar surface area (TPSA) is 29.1 Å². The van der Waals surface area contributed by atoms with Gasteiger partial charge in [-0.05, 0) is 24.3 Å². The van der Waals surface area contributed by atoms with E-state index in [1.54, 1.807) is 24.3 Å². The maximum atomic E-state index is 10.6. The molecule has 0 aliphatic carbocycles. The van der Waals surface area contributed by atoms with Crippen molar-refractivity contribution in [1.82, 2.24) is 0 Å². The number of carbonyl (C=O) groups excluding carboxylic acids is 1. The second-order valence-corrected chi connectivity index (χ2v) is 2.62. The predicted octanol–water partition coefficient (Wildman–Crippen LogP) is 2.30. The fraction of sp³-hybridized carbons (Fsp3) is 0.125. The van der Waals surface area contributed by atoms with Crippen molar-refractivity contribution in [3.8, 4) is 0 Å². The Bertz CT molecular complexity index is 255. The zero-order valence-electron chi connectivity index (χ0n) is 6.10. The second-order valence-electron chi connectivity index (χ2n) is 2.19. The Morgan fingerprint density at radius 3 is 2.36 bits per heavy atom. The standard InChI is InChI=1S/C8H8ClNO/c1-6(11)10-8-4-2-7(9)3-5-8/h2-5H,1H3,(H,10,11)/i2+2,3+2,4+2,5+2,7+2,8+2. The Hall–Kier alpha value is -1.02. The minimum atomic E-state index is -0.0766. The third kappa shape index (κ3) is 2.60. The maximum absolute atomic E-state index is 10.6. The fourth-order valence-corrected chi connectivity index (χ4v) is 0.862. The van der Waals surface area contributed by atoms with Gasteiger partial charge in [-0.2, -0.15) is 0 Å². The molecule has 0 aromatic heterocycles. The van der Waals surface area contributed by atoms with Gasteiger partial charge in [0.05, 0.1) is 0 Å². The third-order valence-electron chi connectivity index (χ3n) is 1.16. The zero-order valence-corrected chi connectivity index (χ0v) is 6.85. The van der Waals surface area contributed by atoms with Crippen LogP contribution in [0.1, 0.15) is 6.92 Å². The molecule has 0 radical (unpaired) electrons. The molecule has 0 unspecified atom stereocenters. The molecule has 0 bridgehead atoms. The number of rotatable bonds is 1. The van der Waals surface area contributed by atoms with Crippen molar-refractivity contribution in [2.45, 2.75) is 6.92 Å². The minimum Gasteiger partial charge on any atom is -0.326 e. The van der Waals surface area contributed by atoms with E-state index in [0.717, 1.165) is 5.69 Å². The van der Waals surface area contributed by atoms with Gasteiger partial charge in [0.25, 0.3) is 0 Å². The molecule has 1 aromatic rings. The Labute approximate surface area is 70.2 Å². The van der Waals surface area contributed by atoms with Gasteiger partial charge in [0, 0.05) is 17.6 Å². The van der Waals surface area contributed by atoms with Crippen LogP contribution in [0.3, 0.4) is 0 Å². The smallest absolute Gasteiger partial charge is 0.221 e. The summed E-state index contributed by atoms with van der Waals surface area (Å²) < 4.78 is 0. The van der Waals surface area contributed by atoms with E-state index in [9.17, 15) is 4.79 Å². The molecule has 0 saturated heterocycles. The molecule has 0 fully saturated rings. The van der Waals surface area contributed by atoms with Crippen LogP contribution in [-0.4, -0.2) is 5.91 Å². The minimum absolute atomic E-state index is 0.0766. The lowest BCUT2D eigenvalue weighted by atomic mass is 10.8. The number of amides is 1. The number of nitrogens with one attached hydrogen (secondary N) is 1. The van der Waals surface area contributed by atoms with Crippen LogP contribution in [0.4, 0.5) is 5.69 Å². The van der Waals surface area contributed by atoms with Gasteiger partial charge in [-0.25, -0.2) is 0 Å². The molecule has 1 amide bonds. The van der Waals surface area contributed by atoms with Crippen LogP contribution in [0.25, 0.3) is 0 Å². The predicted molar refractivity (Wildman–Crippen MR) is 45.8 cm³/mol. The number of benzene rings is 1. The lowest BCUT2D eigenvalue weighted by Crippen LogP contribution is -2.04. The molecule has 0 aliphatic heterocycles. The monoisotopic (exact) mass is 181 g/mol. The van der Waals surface area contributed by atoms with Crippen LogP contribution in [0.2, 0.25) is 5.02 Å². The van der Waals surface area contributed by atoms with E-state index in [2.05, 4.69) is 5.32 Å². The van der Waals surface area contributed by atoms with Gasteiger partial charge in [0.15, 0.2) is 0 Å². The number of hydrogen-bond donors (Lipinski definition) is 1. The van der Waals surface area contributed by atoms with E-state index >= 15 is 0 Å². The van der Waals surface area contributed by atoms with Crippen LogP contribution in [0.5, 0.6) is 0 Å². The van der Waals surface area contributed by atoms with Crippen molar-refractivity contribution < 1.29 is 4.79 Å². The highest BCUT2D eigenvalue weighted by Crippen LogP contribution is 2.12. The molecule has 2 nitrogen and oxygen atoms in total. The van der Waals surface area contributed by atoms with E-state index < -0.39 is 0 Å². The van der Waals surface area contributed by atoms with Crippen LogP contribution >= 0.6 is 11.6 Å². The molecule has 0 heterocycles. The van der Waals surface area contributed by atoms with E-state index in [1.165, 1.54) is 6.92 Å². The first kappa shape index (κ1) is 8.08. The largest absolute Gasteiger partial charge is 0.326 e. The Kier molecular flexibility index (Phi) is 2.49. The summed E-state index contributed by atoms with van der Waals surface area (Å²) in [4.78, 5) is 10.6. The third-order valence-corrected chi connectivity index (χ3v) is 1.42. The van der Waals surface area contributed by atoms with Crippen LogP contribution in [-0.2, 0) is 4.79 Å². The Balaban J connectivity index is 2.74. The molecule has 3 heteroatoms. The number of carbonyl (C=O) groups is 1. The summed E-state index contributed by atoms with van der Waals surface area (Å²) in [6, 6.07) is 6.97. The molecular weight excluding hydrogens is 174 g/mol. The van der Waals surface area contributed by atoms with Crippen LogP contribution in [0, 0.1) is 0 Å². The Morgan fingerprint density at radius 2 is 1.91 bits per heavy atom. The average Bonchev–Trinajstić information content (AvgIpc) is 1.93. The lowest BCUT2D eigenvalue weighted by Gasteiger charge is -1.99. The lowest BCUT2D eigenvalue weighted by molar-refractivity contribution is -0.114. The number of halogens is 1. The molecule has 0 atom stereocenters. The molecular formula is C8H8ClNO. The van der Waals surface area contributed by atoms with Crippen LogP contribution in [0.15, 0.2) is 24.3 Å². The van der Waals surface area contributed by atoms with E-state index in [1.807, 2.05) is 0 Å². The summed E-state index contributed by atoms with van der Waals surface area (Å²) in [7, 11) is 0. The van der Waals surface area contributed by atoms with Gasteiger partial charge < -0.3 is 5.32 Å². The molecule has 0 spiro atoms. The quantitative estimate of drug-likeness (QED) is 0.708.